The topological polar surface area (TPSA) is 53.6 Å². The first-order valence-electron chi connectivity index (χ1n) is 6.07. The average Bonchev–Trinajstić information content (AvgIpc) is 2.30. The van der Waals surface area contributed by atoms with Gasteiger partial charge < -0.3 is 20.3 Å². The van der Waals surface area contributed by atoms with Crippen molar-refractivity contribution in [2.75, 3.05) is 39.8 Å². The van der Waals surface area contributed by atoms with Crippen LogP contribution < -0.4 is 10.6 Å². The Morgan fingerprint density at radius 1 is 1.56 bits per heavy atom. The first kappa shape index (κ1) is 13.3. The van der Waals surface area contributed by atoms with E-state index in [2.05, 4.69) is 17.6 Å². The number of carbonyl (C=O) groups is 1. The van der Waals surface area contributed by atoms with Crippen LogP contribution in [0.4, 0.5) is 4.79 Å². The number of nitrogens with one attached hydrogen (secondary N) is 2. The summed E-state index contributed by atoms with van der Waals surface area (Å²) in [6.45, 7) is 5.68. The Morgan fingerprint density at radius 3 is 3.06 bits per heavy atom. The smallest absolute Gasteiger partial charge is 0.317 e. The van der Waals surface area contributed by atoms with Crippen molar-refractivity contribution in [1.29, 1.82) is 0 Å². The Hall–Kier alpha value is -0.810. The van der Waals surface area contributed by atoms with Crippen molar-refractivity contribution in [2.24, 2.45) is 0 Å². The number of hydrogen-bond donors (Lipinski definition) is 2. The minimum Gasteiger partial charge on any atom is -0.373 e. The molecule has 0 radical (unpaired) electrons. The third kappa shape index (κ3) is 4.37. The van der Waals surface area contributed by atoms with E-state index in [1.54, 1.807) is 0 Å². The maximum atomic E-state index is 11.8. The van der Waals surface area contributed by atoms with Gasteiger partial charge in [0.15, 0.2) is 0 Å². The van der Waals surface area contributed by atoms with Crippen LogP contribution in [0.25, 0.3) is 0 Å². The standard InChI is InChI=1S/C11H23N3O2/c1-3-4-5-13-11(15)14-6-7-16-10(9-14)8-12-2/h10,12H,3-9H2,1-2H3,(H,13,15). The number of nitrogens with zero attached hydrogens (tertiary/aromatic N) is 1. The summed E-state index contributed by atoms with van der Waals surface area (Å²) in [4.78, 5) is 13.6. The SMILES string of the molecule is CCCCNC(=O)N1CCOC(CNC)C1. The lowest BCUT2D eigenvalue weighted by Gasteiger charge is -2.32. The number of rotatable bonds is 5. The van der Waals surface area contributed by atoms with Crippen LogP contribution in [0.3, 0.4) is 0 Å². The summed E-state index contributed by atoms with van der Waals surface area (Å²) < 4.78 is 5.54. The van der Waals surface area contributed by atoms with Crippen LogP contribution >= 0.6 is 0 Å². The van der Waals surface area contributed by atoms with E-state index in [1.807, 2.05) is 11.9 Å². The van der Waals surface area contributed by atoms with Gasteiger partial charge in [-0.05, 0) is 13.5 Å². The monoisotopic (exact) mass is 229 g/mol. The Morgan fingerprint density at radius 2 is 2.38 bits per heavy atom. The quantitative estimate of drug-likeness (QED) is 0.672. The second-order valence-corrected chi connectivity index (χ2v) is 4.08. The zero-order chi connectivity index (χ0) is 11.8. The fourth-order valence-corrected chi connectivity index (χ4v) is 1.74. The Kier molecular flexibility index (Phi) is 6.18. The second-order valence-electron chi connectivity index (χ2n) is 4.08. The molecule has 0 aliphatic carbocycles. The Bertz CT molecular complexity index is 209. The summed E-state index contributed by atoms with van der Waals surface area (Å²) in [6, 6.07) is 0.0397. The molecule has 94 valence electrons. The molecule has 1 unspecified atom stereocenters. The van der Waals surface area contributed by atoms with Gasteiger partial charge in [0.25, 0.3) is 0 Å². The van der Waals surface area contributed by atoms with E-state index in [9.17, 15) is 4.79 Å². The van der Waals surface area contributed by atoms with Crippen LogP contribution in [0.1, 0.15) is 19.8 Å². The average molecular weight is 229 g/mol. The highest BCUT2D eigenvalue weighted by atomic mass is 16.5. The predicted molar refractivity (Wildman–Crippen MR) is 63.5 cm³/mol. The summed E-state index contributed by atoms with van der Waals surface area (Å²) in [5, 5.41) is 5.99. The number of morpholine rings is 1. The van der Waals surface area contributed by atoms with E-state index in [0.717, 1.165) is 25.9 Å². The minimum atomic E-state index is 0.0397. The van der Waals surface area contributed by atoms with Crippen LogP contribution in [0, 0.1) is 0 Å². The largest absolute Gasteiger partial charge is 0.373 e. The highest BCUT2D eigenvalue weighted by molar-refractivity contribution is 5.74. The van der Waals surface area contributed by atoms with Crippen molar-refractivity contribution in [3.8, 4) is 0 Å². The molecule has 0 aromatic heterocycles. The van der Waals surface area contributed by atoms with Crippen LogP contribution in [0.2, 0.25) is 0 Å². The molecular weight excluding hydrogens is 206 g/mol. The molecule has 1 heterocycles. The summed E-state index contributed by atoms with van der Waals surface area (Å²) in [7, 11) is 1.89. The van der Waals surface area contributed by atoms with Gasteiger partial charge in [0.1, 0.15) is 0 Å². The molecule has 1 rings (SSSR count). The molecule has 0 bridgehead atoms. The number of amides is 2. The first-order valence-corrected chi connectivity index (χ1v) is 6.07. The van der Waals surface area contributed by atoms with E-state index >= 15 is 0 Å². The van der Waals surface area contributed by atoms with Gasteiger partial charge in [-0.1, -0.05) is 13.3 Å². The zero-order valence-corrected chi connectivity index (χ0v) is 10.3. The second kappa shape index (κ2) is 7.46. The van der Waals surface area contributed by atoms with Gasteiger partial charge in [0, 0.05) is 26.2 Å². The molecule has 1 aliphatic rings. The molecule has 1 fully saturated rings. The van der Waals surface area contributed by atoms with Gasteiger partial charge in [0.2, 0.25) is 0 Å². The van der Waals surface area contributed by atoms with Gasteiger partial charge >= 0.3 is 6.03 Å². The third-order valence-electron chi connectivity index (χ3n) is 2.66. The molecule has 0 aromatic rings. The number of hydrogen-bond acceptors (Lipinski definition) is 3. The maximum absolute atomic E-state index is 11.8. The number of ether oxygens (including phenoxy) is 1. The molecule has 0 saturated carbocycles. The molecule has 1 aliphatic heterocycles. The van der Waals surface area contributed by atoms with Gasteiger partial charge in [-0.15, -0.1) is 0 Å². The van der Waals surface area contributed by atoms with Gasteiger partial charge in [-0.2, -0.15) is 0 Å². The van der Waals surface area contributed by atoms with Crippen molar-refractivity contribution in [2.45, 2.75) is 25.9 Å². The zero-order valence-electron chi connectivity index (χ0n) is 10.3. The lowest BCUT2D eigenvalue weighted by Crippen LogP contribution is -2.51. The maximum Gasteiger partial charge on any atom is 0.317 e. The predicted octanol–water partition coefficient (Wildman–Crippen LogP) is 0.416. The van der Waals surface area contributed by atoms with Crippen molar-refractivity contribution in [1.82, 2.24) is 15.5 Å². The highest BCUT2D eigenvalue weighted by Crippen LogP contribution is 2.04. The first-order chi connectivity index (χ1) is 7.77. The molecule has 0 spiro atoms. The summed E-state index contributed by atoms with van der Waals surface area (Å²) >= 11 is 0. The highest BCUT2D eigenvalue weighted by Gasteiger charge is 2.23. The minimum absolute atomic E-state index is 0.0397. The number of urea groups is 1. The van der Waals surface area contributed by atoms with E-state index in [-0.39, 0.29) is 12.1 Å². The van der Waals surface area contributed by atoms with Gasteiger partial charge in [-0.25, -0.2) is 4.79 Å². The fourth-order valence-electron chi connectivity index (χ4n) is 1.74. The van der Waals surface area contributed by atoms with Crippen LogP contribution in [-0.2, 0) is 4.74 Å². The van der Waals surface area contributed by atoms with Gasteiger partial charge in [-0.3, -0.25) is 0 Å². The molecule has 0 aromatic carbocycles. The number of unbranched alkanes of at least 4 members (excludes halogenated alkanes) is 1. The van der Waals surface area contributed by atoms with Crippen LogP contribution in [0.15, 0.2) is 0 Å². The molecule has 5 heteroatoms. The molecule has 2 amide bonds. The van der Waals surface area contributed by atoms with E-state index < -0.39 is 0 Å². The van der Waals surface area contributed by atoms with Gasteiger partial charge in [0.05, 0.1) is 12.7 Å². The van der Waals surface area contributed by atoms with E-state index in [1.165, 1.54) is 0 Å². The number of carbonyl (C=O) groups excluding carboxylic acids is 1. The molecule has 1 atom stereocenters. The van der Waals surface area contributed by atoms with Crippen molar-refractivity contribution >= 4 is 6.03 Å². The lowest BCUT2D eigenvalue weighted by atomic mass is 10.3. The molecule has 5 nitrogen and oxygen atoms in total. The molecule has 1 saturated heterocycles. The molecule has 2 N–H and O–H groups in total. The summed E-state index contributed by atoms with van der Waals surface area (Å²) in [6.07, 6.45) is 2.26. The summed E-state index contributed by atoms with van der Waals surface area (Å²) in [5.41, 5.74) is 0. The normalized spacial score (nSPS) is 20.9. The van der Waals surface area contributed by atoms with E-state index in [0.29, 0.717) is 19.7 Å². The van der Waals surface area contributed by atoms with E-state index in [4.69, 9.17) is 4.74 Å². The van der Waals surface area contributed by atoms with Crippen molar-refractivity contribution in [3.05, 3.63) is 0 Å². The van der Waals surface area contributed by atoms with Crippen LogP contribution in [0.5, 0.6) is 0 Å². The third-order valence-corrected chi connectivity index (χ3v) is 2.66. The molecular formula is C11H23N3O2. The summed E-state index contributed by atoms with van der Waals surface area (Å²) in [5.74, 6) is 0. The molecule has 16 heavy (non-hydrogen) atoms. The number of likely N-dealkylation sites (N-methyl/N-ethyl adjacent to an activating group) is 1. The fraction of sp³-hybridized carbons (Fsp3) is 0.909. The lowest BCUT2D eigenvalue weighted by molar-refractivity contribution is -0.0119. The Labute approximate surface area is 97.5 Å². The van der Waals surface area contributed by atoms with Crippen molar-refractivity contribution < 1.29 is 9.53 Å². The Balaban J connectivity index is 2.26. The van der Waals surface area contributed by atoms with Crippen molar-refractivity contribution in [3.63, 3.8) is 0 Å². The van der Waals surface area contributed by atoms with Crippen LogP contribution in [-0.4, -0.2) is 56.9 Å².